The van der Waals surface area contributed by atoms with Crippen LogP contribution in [0, 0.1) is 17.6 Å². The number of ether oxygens (including phenoxy) is 1. The van der Waals surface area contributed by atoms with E-state index < -0.39 is 11.6 Å². The van der Waals surface area contributed by atoms with Gasteiger partial charge in [0.2, 0.25) is 0 Å². The molecule has 1 unspecified atom stereocenters. The Hall–Kier alpha value is -1.71. The van der Waals surface area contributed by atoms with Crippen molar-refractivity contribution in [1.82, 2.24) is 0 Å². The van der Waals surface area contributed by atoms with Gasteiger partial charge in [0.15, 0.2) is 11.6 Å². The van der Waals surface area contributed by atoms with E-state index in [1.54, 1.807) is 6.07 Å². The van der Waals surface area contributed by atoms with Crippen molar-refractivity contribution in [2.24, 2.45) is 5.92 Å². The summed E-state index contributed by atoms with van der Waals surface area (Å²) in [6, 6.07) is 3.95. The molecule has 1 aliphatic rings. The maximum atomic E-state index is 13.1. The molecule has 4 heteroatoms. The van der Waals surface area contributed by atoms with Crippen LogP contribution >= 0.6 is 0 Å². The number of unbranched alkanes of at least 4 members (excludes halogenated alkanes) is 6. The number of hydrogen-bond donors (Lipinski definition) is 0. The summed E-state index contributed by atoms with van der Waals surface area (Å²) in [5, 5.41) is 0. The maximum absolute atomic E-state index is 13.1. The van der Waals surface area contributed by atoms with Crippen LogP contribution in [0.1, 0.15) is 110 Å². The Morgan fingerprint density at radius 1 is 1.03 bits per heavy atom. The third kappa shape index (κ3) is 13.3. The fourth-order valence-electron chi connectivity index (χ4n) is 3.80. The van der Waals surface area contributed by atoms with Crippen LogP contribution < -0.4 is 0 Å². The average Bonchev–Trinajstić information content (AvgIpc) is 2.72. The Labute approximate surface area is 188 Å². The molecule has 0 spiro atoms. The zero-order valence-corrected chi connectivity index (χ0v) is 19.8. The lowest BCUT2D eigenvalue weighted by Crippen LogP contribution is -2.24. The summed E-state index contributed by atoms with van der Waals surface area (Å²) < 4.78 is 31.5. The number of rotatable bonds is 11. The first kappa shape index (κ1) is 27.3. The van der Waals surface area contributed by atoms with Gasteiger partial charge in [0.05, 0.1) is 0 Å². The van der Waals surface area contributed by atoms with Crippen molar-refractivity contribution < 1.29 is 18.3 Å². The predicted octanol–water partition coefficient (Wildman–Crippen LogP) is 8.64. The number of carbonyl (C=O) groups excluding carboxylic acids is 1. The molecule has 0 amide bonds. The van der Waals surface area contributed by atoms with Crippen molar-refractivity contribution in [3.8, 4) is 0 Å². The first-order valence-corrected chi connectivity index (χ1v) is 12.3. The molecule has 2 atom stereocenters. The lowest BCUT2D eigenvalue weighted by Gasteiger charge is -2.26. The van der Waals surface area contributed by atoms with Gasteiger partial charge in [-0.15, -0.1) is 0 Å². The number of halogens is 2. The molecule has 1 aromatic rings. The van der Waals surface area contributed by atoms with Gasteiger partial charge in [-0.25, -0.2) is 8.78 Å². The Balaban J connectivity index is 0.00000151. The van der Waals surface area contributed by atoms with E-state index in [1.165, 1.54) is 25.3 Å². The lowest BCUT2D eigenvalue weighted by atomic mass is 9.89. The van der Waals surface area contributed by atoms with Gasteiger partial charge in [0.1, 0.15) is 6.10 Å². The van der Waals surface area contributed by atoms with E-state index in [0.29, 0.717) is 17.9 Å². The highest BCUT2D eigenvalue weighted by Crippen LogP contribution is 2.26. The van der Waals surface area contributed by atoms with Gasteiger partial charge in [-0.05, 0) is 62.1 Å². The Bertz CT molecular complexity index is 642. The van der Waals surface area contributed by atoms with Crippen LogP contribution in [0.4, 0.5) is 8.78 Å². The Kier molecular flexibility index (Phi) is 14.9. The second-order valence-electron chi connectivity index (χ2n) is 8.83. The lowest BCUT2D eigenvalue weighted by molar-refractivity contribution is -0.151. The molecule has 0 aliphatic heterocycles. The largest absolute Gasteiger partial charge is 0.462 e. The minimum absolute atomic E-state index is 0.0264. The number of benzene rings is 1. The minimum atomic E-state index is -0.811. The van der Waals surface area contributed by atoms with E-state index in [4.69, 9.17) is 4.74 Å². The first-order valence-electron chi connectivity index (χ1n) is 12.3. The zero-order chi connectivity index (χ0) is 22.9. The SMILES string of the molecule is CCC.C[C@@H]1CCCC(OC(=O)CCCCCCCC/C=C/c2ccc(F)c(F)c2)C1. The number of esters is 1. The number of allylic oxidation sites excluding steroid dienone is 1. The van der Waals surface area contributed by atoms with Crippen LogP contribution in [0.2, 0.25) is 0 Å². The molecule has 0 radical (unpaired) electrons. The van der Waals surface area contributed by atoms with Gasteiger partial charge in [0, 0.05) is 6.42 Å². The number of hydrogen-bond acceptors (Lipinski definition) is 2. The maximum Gasteiger partial charge on any atom is 0.306 e. The molecule has 1 aliphatic carbocycles. The van der Waals surface area contributed by atoms with Crippen molar-refractivity contribution in [1.29, 1.82) is 0 Å². The zero-order valence-electron chi connectivity index (χ0n) is 19.8. The van der Waals surface area contributed by atoms with E-state index in [-0.39, 0.29) is 12.1 Å². The monoisotopic (exact) mass is 436 g/mol. The molecule has 0 heterocycles. The summed E-state index contributed by atoms with van der Waals surface area (Å²) in [7, 11) is 0. The molecule has 1 fully saturated rings. The van der Waals surface area contributed by atoms with Gasteiger partial charge in [-0.2, -0.15) is 0 Å². The molecule has 2 nitrogen and oxygen atoms in total. The van der Waals surface area contributed by atoms with Crippen LogP contribution in [0.3, 0.4) is 0 Å². The van der Waals surface area contributed by atoms with Gasteiger partial charge in [0.25, 0.3) is 0 Å². The molecule has 2 rings (SSSR count). The summed E-state index contributed by atoms with van der Waals surface area (Å²) in [4.78, 5) is 11.9. The quantitative estimate of drug-likeness (QED) is 0.256. The predicted molar refractivity (Wildman–Crippen MR) is 126 cm³/mol. The van der Waals surface area contributed by atoms with E-state index in [9.17, 15) is 13.6 Å². The van der Waals surface area contributed by atoms with Crippen LogP contribution in [0.15, 0.2) is 24.3 Å². The molecule has 0 saturated heterocycles. The second kappa shape index (κ2) is 16.9. The molecule has 1 aromatic carbocycles. The van der Waals surface area contributed by atoms with E-state index in [2.05, 4.69) is 20.8 Å². The van der Waals surface area contributed by atoms with Crippen molar-refractivity contribution in [2.75, 3.05) is 0 Å². The Morgan fingerprint density at radius 2 is 1.71 bits per heavy atom. The van der Waals surface area contributed by atoms with Gasteiger partial charge < -0.3 is 4.74 Å². The standard InChI is InChI=1S/C24H34F2O2.C3H8/c1-19-11-10-13-21(17-19)28-24(27)14-9-7-5-3-2-4-6-8-12-20-15-16-22(25)23(26)18-20;1-3-2/h8,12,15-16,18-19,21H,2-7,9-11,13-14,17H2,1H3;3H2,1-2H3/b12-8+;/t19-,21?;/m1./s1. The molecule has 31 heavy (non-hydrogen) atoms. The number of carbonyl (C=O) groups is 1. The van der Waals surface area contributed by atoms with E-state index in [1.807, 2.05) is 12.2 Å². The van der Waals surface area contributed by atoms with Crippen molar-refractivity contribution in [3.05, 3.63) is 41.5 Å². The molecular formula is C27H42F2O2. The third-order valence-electron chi connectivity index (χ3n) is 5.44. The van der Waals surface area contributed by atoms with Crippen LogP contribution in [0.25, 0.3) is 6.08 Å². The highest BCUT2D eigenvalue weighted by atomic mass is 19.2. The summed E-state index contributed by atoms with van der Waals surface area (Å²) >= 11 is 0. The summed E-state index contributed by atoms with van der Waals surface area (Å²) in [6.45, 7) is 6.48. The smallest absolute Gasteiger partial charge is 0.306 e. The summed E-state index contributed by atoms with van der Waals surface area (Å²) in [5.41, 5.74) is 0.688. The fourth-order valence-corrected chi connectivity index (χ4v) is 3.80. The van der Waals surface area contributed by atoms with Crippen molar-refractivity contribution in [3.63, 3.8) is 0 Å². The van der Waals surface area contributed by atoms with Crippen molar-refractivity contribution in [2.45, 2.75) is 110 Å². The topological polar surface area (TPSA) is 26.3 Å². The fraction of sp³-hybridized carbons (Fsp3) is 0.667. The summed E-state index contributed by atoms with van der Waals surface area (Å²) in [5.74, 6) is -0.965. The second-order valence-corrected chi connectivity index (χ2v) is 8.83. The van der Waals surface area contributed by atoms with Gasteiger partial charge >= 0.3 is 5.97 Å². The van der Waals surface area contributed by atoms with E-state index in [0.717, 1.165) is 63.9 Å². The average molecular weight is 437 g/mol. The van der Waals surface area contributed by atoms with Crippen LogP contribution in [-0.4, -0.2) is 12.1 Å². The van der Waals surface area contributed by atoms with Gasteiger partial charge in [-0.1, -0.05) is 77.5 Å². The minimum Gasteiger partial charge on any atom is -0.462 e. The van der Waals surface area contributed by atoms with Gasteiger partial charge in [-0.3, -0.25) is 4.79 Å². The molecular weight excluding hydrogens is 394 g/mol. The molecule has 0 bridgehead atoms. The van der Waals surface area contributed by atoms with Crippen LogP contribution in [0.5, 0.6) is 0 Å². The summed E-state index contributed by atoms with van der Waals surface area (Å²) in [6.07, 6.45) is 17.7. The molecule has 0 N–H and O–H groups in total. The third-order valence-corrected chi connectivity index (χ3v) is 5.44. The normalized spacial score (nSPS) is 18.5. The highest BCUT2D eigenvalue weighted by Gasteiger charge is 2.21. The molecule has 1 saturated carbocycles. The Morgan fingerprint density at radius 3 is 2.39 bits per heavy atom. The van der Waals surface area contributed by atoms with E-state index >= 15 is 0 Å². The van der Waals surface area contributed by atoms with Crippen LogP contribution in [-0.2, 0) is 9.53 Å². The van der Waals surface area contributed by atoms with Crippen molar-refractivity contribution >= 4 is 12.0 Å². The molecule has 0 aromatic heterocycles. The highest BCUT2D eigenvalue weighted by molar-refractivity contribution is 5.69. The first-order chi connectivity index (χ1) is 15.0. The molecule has 176 valence electrons.